The maximum atomic E-state index is 12.4. The molecule has 0 bridgehead atoms. The number of aryl methyl sites for hydroxylation is 2. The molecular weight excluding hydrogens is 354 g/mol. The van der Waals surface area contributed by atoms with E-state index in [9.17, 15) is 4.79 Å². The molecular formula is C16H15N7O2S. The van der Waals surface area contributed by atoms with Crippen LogP contribution in [-0.2, 0) is 5.75 Å². The van der Waals surface area contributed by atoms with Gasteiger partial charge in [-0.3, -0.25) is 9.89 Å². The van der Waals surface area contributed by atoms with Crippen molar-refractivity contribution in [1.82, 2.24) is 29.8 Å². The highest BCUT2D eigenvalue weighted by Crippen LogP contribution is 2.21. The maximum absolute atomic E-state index is 12.4. The fourth-order valence-electron chi connectivity index (χ4n) is 2.51. The van der Waals surface area contributed by atoms with Gasteiger partial charge in [0.15, 0.2) is 22.4 Å². The molecule has 0 aliphatic heterocycles. The van der Waals surface area contributed by atoms with Crippen molar-refractivity contribution in [3.05, 3.63) is 53.5 Å². The SMILES string of the molecule is Cc1cc(C)n2nc(NC(=O)c3ccc(CSc4ncn[nH]4)o3)cc2n1. The number of thioether (sulfide) groups is 1. The Morgan fingerprint density at radius 2 is 2.23 bits per heavy atom. The molecule has 0 fully saturated rings. The van der Waals surface area contributed by atoms with E-state index in [0.29, 0.717) is 28.1 Å². The highest BCUT2D eigenvalue weighted by Gasteiger charge is 2.14. The summed E-state index contributed by atoms with van der Waals surface area (Å²) in [5.41, 5.74) is 2.52. The fourth-order valence-corrected chi connectivity index (χ4v) is 3.18. The zero-order valence-corrected chi connectivity index (χ0v) is 14.9. The van der Waals surface area contributed by atoms with Gasteiger partial charge in [-0.15, -0.1) is 5.10 Å². The van der Waals surface area contributed by atoms with Crippen molar-refractivity contribution in [3.8, 4) is 0 Å². The summed E-state index contributed by atoms with van der Waals surface area (Å²) in [6.07, 6.45) is 1.44. The van der Waals surface area contributed by atoms with Crippen molar-refractivity contribution < 1.29 is 9.21 Å². The average Bonchev–Trinajstić information content (AvgIpc) is 3.33. The molecule has 0 aromatic carbocycles. The minimum Gasteiger partial charge on any atom is -0.455 e. The third-order valence-corrected chi connectivity index (χ3v) is 4.50. The minimum atomic E-state index is -0.362. The van der Waals surface area contributed by atoms with E-state index in [4.69, 9.17) is 4.42 Å². The Morgan fingerprint density at radius 3 is 3.04 bits per heavy atom. The number of hydrogen-bond acceptors (Lipinski definition) is 7. The molecule has 0 atom stereocenters. The van der Waals surface area contributed by atoms with Gasteiger partial charge in [0, 0.05) is 17.5 Å². The molecule has 10 heteroatoms. The summed E-state index contributed by atoms with van der Waals surface area (Å²) in [6.45, 7) is 3.85. The van der Waals surface area contributed by atoms with Gasteiger partial charge < -0.3 is 9.73 Å². The zero-order valence-electron chi connectivity index (χ0n) is 14.1. The van der Waals surface area contributed by atoms with Gasteiger partial charge in [0.25, 0.3) is 5.91 Å². The lowest BCUT2D eigenvalue weighted by molar-refractivity contribution is 0.0995. The fraction of sp³-hybridized carbons (Fsp3) is 0.188. The molecule has 4 rings (SSSR count). The Hall–Kier alpha value is -3.14. The standard InChI is InChI=1S/C16H15N7O2S/c1-9-5-10(2)23-14(19-9)6-13(22-23)20-15(24)12-4-3-11(25-12)7-26-16-17-8-18-21-16/h3-6,8H,7H2,1-2H3,(H,17,18,21)(H,20,22,24). The lowest BCUT2D eigenvalue weighted by atomic mass is 10.3. The van der Waals surface area contributed by atoms with Crippen LogP contribution in [0.3, 0.4) is 0 Å². The smallest absolute Gasteiger partial charge is 0.292 e. The largest absolute Gasteiger partial charge is 0.455 e. The molecule has 4 aromatic heterocycles. The Morgan fingerprint density at radius 1 is 1.35 bits per heavy atom. The van der Waals surface area contributed by atoms with Crippen LogP contribution in [-0.4, -0.2) is 35.7 Å². The monoisotopic (exact) mass is 369 g/mol. The van der Waals surface area contributed by atoms with Gasteiger partial charge in [0.05, 0.1) is 5.75 Å². The van der Waals surface area contributed by atoms with Crippen LogP contribution < -0.4 is 5.32 Å². The van der Waals surface area contributed by atoms with E-state index in [1.54, 1.807) is 22.7 Å². The van der Waals surface area contributed by atoms with E-state index in [1.165, 1.54) is 18.1 Å². The van der Waals surface area contributed by atoms with Gasteiger partial charge in [-0.1, -0.05) is 11.8 Å². The van der Waals surface area contributed by atoms with Gasteiger partial charge in [-0.05, 0) is 32.0 Å². The lowest BCUT2D eigenvalue weighted by Crippen LogP contribution is -2.11. The second kappa shape index (κ2) is 6.64. The third kappa shape index (κ3) is 3.31. The van der Waals surface area contributed by atoms with Crippen molar-refractivity contribution >= 4 is 29.1 Å². The van der Waals surface area contributed by atoms with Crippen molar-refractivity contribution in [2.45, 2.75) is 24.8 Å². The summed E-state index contributed by atoms with van der Waals surface area (Å²) in [6, 6.07) is 7.05. The van der Waals surface area contributed by atoms with Gasteiger partial charge in [0.2, 0.25) is 0 Å². The molecule has 0 unspecified atom stereocenters. The number of carbonyl (C=O) groups excluding carboxylic acids is 1. The molecule has 2 N–H and O–H groups in total. The maximum Gasteiger partial charge on any atom is 0.292 e. The molecule has 4 aromatic rings. The first-order valence-corrected chi connectivity index (χ1v) is 8.79. The molecule has 0 saturated carbocycles. The van der Waals surface area contributed by atoms with E-state index >= 15 is 0 Å². The number of amides is 1. The van der Waals surface area contributed by atoms with Crippen LogP contribution in [0.2, 0.25) is 0 Å². The minimum absolute atomic E-state index is 0.219. The van der Waals surface area contributed by atoms with Crippen molar-refractivity contribution in [2.75, 3.05) is 5.32 Å². The van der Waals surface area contributed by atoms with Crippen LogP contribution in [0.5, 0.6) is 0 Å². The molecule has 0 aliphatic rings. The van der Waals surface area contributed by atoms with Crippen LogP contribution in [0, 0.1) is 13.8 Å². The number of fused-ring (bicyclic) bond motifs is 1. The number of nitrogens with zero attached hydrogens (tertiary/aromatic N) is 5. The number of hydrogen-bond donors (Lipinski definition) is 2. The van der Waals surface area contributed by atoms with Crippen molar-refractivity contribution in [2.24, 2.45) is 0 Å². The summed E-state index contributed by atoms with van der Waals surface area (Å²) in [5.74, 6) is 1.49. The number of nitrogens with one attached hydrogen (secondary N) is 2. The Labute approximate surface area is 152 Å². The molecule has 0 spiro atoms. The summed E-state index contributed by atoms with van der Waals surface area (Å²) in [4.78, 5) is 20.8. The summed E-state index contributed by atoms with van der Waals surface area (Å²) in [5, 5.41) is 14.3. The predicted octanol–water partition coefficient (Wildman–Crippen LogP) is 2.60. The van der Waals surface area contributed by atoms with Gasteiger partial charge >= 0.3 is 0 Å². The second-order valence-corrected chi connectivity index (χ2v) is 6.60. The number of aromatic amines is 1. The zero-order chi connectivity index (χ0) is 18.1. The number of rotatable bonds is 5. The summed E-state index contributed by atoms with van der Waals surface area (Å²) < 4.78 is 7.27. The molecule has 132 valence electrons. The van der Waals surface area contributed by atoms with Crippen LogP contribution in [0.15, 0.2) is 40.2 Å². The molecule has 1 amide bonds. The third-order valence-electron chi connectivity index (χ3n) is 3.60. The number of anilines is 1. The molecule has 26 heavy (non-hydrogen) atoms. The average molecular weight is 369 g/mol. The molecule has 9 nitrogen and oxygen atoms in total. The number of H-pyrrole nitrogens is 1. The van der Waals surface area contributed by atoms with E-state index in [1.807, 2.05) is 19.9 Å². The highest BCUT2D eigenvalue weighted by molar-refractivity contribution is 7.98. The van der Waals surface area contributed by atoms with Crippen LogP contribution >= 0.6 is 11.8 Å². The van der Waals surface area contributed by atoms with E-state index in [-0.39, 0.29) is 11.7 Å². The van der Waals surface area contributed by atoms with Crippen molar-refractivity contribution in [1.29, 1.82) is 0 Å². The molecule has 4 heterocycles. The first-order valence-electron chi connectivity index (χ1n) is 7.81. The highest BCUT2D eigenvalue weighted by atomic mass is 32.2. The van der Waals surface area contributed by atoms with Crippen LogP contribution in [0.1, 0.15) is 27.7 Å². The molecule has 0 saturated heterocycles. The second-order valence-electron chi connectivity index (χ2n) is 5.64. The van der Waals surface area contributed by atoms with E-state index in [0.717, 1.165) is 11.4 Å². The molecule has 0 aliphatic carbocycles. The Bertz CT molecular complexity index is 1070. The van der Waals surface area contributed by atoms with Crippen LogP contribution in [0.4, 0.5) is 5.82 Å². The lowest BCUT2D eigenvalue weighted by Gasteiger charge is -1.99. The van der Waals surface area contributed by atoms with Gasteiger partial charge in [0.1, 0.15) is 12.1 Å². The van der Waals surface area contributed by atoms with Crippen LogP contribution in [0.25, 0.3) is 5.65 Å². The summed E-state index contributed by atoms with van der Waals surface area (Å²) in [7, 11) is 0. The Balaban J connectivity index is 1.45. The van der Waals surface area contributed by atoms with Gasteiger partial charge in [-0.25, -0.2) is 14.5 Å². The van der Waals surface area contributed by atoms with E-state index < -0.39 is 0 Å². The quantitative estimate of drug-likeness (QED) is 0.520. The molecule has 0 radical (unpaired) electrons. The topological polar surface area (TPSA) is 114 Å². The number of carbonyl (C=O) groups is 1. The Kier molecular flexibility index (Phi) is 4.17. The van der Waals surface area contributed by atoms with Gasteiger partial charge in [-0.2, -0.15) is 5.10 Å². The summed E-state index contributed by atoms with van der Waals surface area (Å²) >= 11 is 1.44. The first kappa shape index (κ1) is 16.3. The van der Waals surface area contributed by atoms with E-state index in [2.05, 4.69) is 30.6 Å². The number of aromatic nitrogens is 6. The number of furan rings is 1. The normalized spacial score (nSPS) is 11.2. The first-order chi connectivity index (χ1) is 12.6. The van der Waals surface area contributed by atoms with Crippen molar-refractivity contribution in [3.63, 3.8) is 0 Å². The predicted molar refractivity (Wildman–Crippen MR) is 95.1 cm³/mol.